The normalized spacial score (nSPS) is 11.5. The van der Waals surface area contributed by atoms with Crippen molar-refractivity contribution >= 4 is 17.6 Å². The molecule has 3 aromatic rings. The summed E-state index contributed by atoms with van der Waals surface area (Å²) in [6.07, 6.45) is 4.74. The highest BCUT2D eigenvalue weighted by Crippen LogP contribution is 2.11. The molecule has 0 aliphatic rings. The zero-order valence-corrected chi connectivity index (χ0v) is 17.8. The van der Waals surface area contributed by atoms with Gasteiger partial charge in [0.2, 0.25) is 0 Å². The van der Waals surface area contributed by atoms with Gasteiger partial charge in [0.05, 0.1) is 6.54 Å². The molecule has 0 unspecified atom stereocenters. The third-order valence-electron chi connectivity index (χ3n) is 4.63. The number of benzene rings is 2. The third kappa shape index (κ3) is 6.64. The first kappa shape index (κ1) is 20.9. The van der Waals surface area contributed by atoms with Crippen LogP contribution >= 0.6 is 11.6 Å². The summed E-state index contributed by atoms with van der Waals surface area (Å²) >= 11 is 6.06. The van der Waals surface area contributed by atoms with Crippen LogP contribution in [-0.2, 0) is 19.5 Å². The Balaban J connectivity index is 1.57. The van der Waals surface area contributed by atoms with Crippen molar-refractivity contribution in [3.8, 4) is 0 Å². The molecule has 0 atom stereocenters. The van der Waals surface area contributed by atoms with E-state index < -0.39 is 0 Å². The summed E-state index contributed by atoms with van der Waals surface area (Å²) in [5.41, 5.74) is 3.65. The van der Waals surface area contributed by atoms with Crippen molar-refractivity contribution in [2.75, 3.05) is 13.1 Å². The van der Waals surface area contributed by atoms with Crippen LogP contribution in [0.5, 0.6) is 0 Å². The van der Waals surface area contributed by atoms with Gasteiger partial charge in [-0.1, -0.05) is 48.0 Å². The Hall–Kier alpha value is -2.79. The quantitative estimate of drug-likeness (QED) is 0.433. The Labute approximate surface area is 177 Å². The lowest BCUT2D eigenvalue weighted by molar-refractivity contribution is 0.760. The van der Waals surface area contributed by atoms with Crippen LogP contribution in [0.25, 0.3) is 0 Å². The lowest BCUT2D eigenvalue weighted by Gasteiger charge is -2.12. The Morgan fingerprint density at radius 2 is 1.86 bits per heavy atom. The van der Waals surface area contributed by atoms with Crippen molar-refractivity contribution in [3.05, 3.63) is 88.5 Å². The topological polar surface area (TPSA) is 54.2 Å². The molecule has 0 bridgehead atoms. The van der Waals surface area contributed by atoms with Gasteiger partial charge < -0.3 is 15.2 Å². The van der Waals surface area contributed by atoms with Gasteiger partial charge in [-0.05, 0) is 49.1 Å². The Bertz CT molecular complexity index is 948. The molecule has 0 aliphatic carbocycles. The molecule has 0 saturated heterocycles. The van der Waals surface area contributed by atoms with E-state index in [0.29, 0.717) is 6.54 Å². The lowest BCUT2D eigenvalue weighted by atomic mass is 10.1. The Kier molecular flexibility index (Phi) is 7.70. The van der Waals surface area contributed by atoms with Gasteiger partial charge in [0, 0.05) is 37.1 Å². The first-order valence-electron chi connectivity index (χ1n) is 9.96. The van der Waals surface area contributed by atoms with Crippen LogP contribution in [0.1, 0.15) is 29.4 Å². The van der Waals surface area contributed by atoms with E-state index in [9.17, 15) is 0 Å². The predicted molar refractivity (Wildman–Crippen MR) is 120 cm³/mol. The van der Waals surface area contributed by atoms with Crippen molar-refractivity contribution in [3.63, 3.8) is 0 Å². The molecule has 6 heteroatoms. The molecule has 1 heterocycles. The van der Waals surface area contributed by atoms with E-state index in [-0.39, 0.29) is 0 Å². The number of aromatic nitrogens is 2. The number of hydrogen-bond acceptors (Lipinski definition) is 2. The summed E-state index contributed by atoms with van der Waals surface area (Å²) in [6.45, 7) is 7.16. The molecule has 152 valence electrons. The molecule has 0 spiro atoms. The first-order valence-corrected chi connectivity index (χ1v) is 10.3. The maximum Gasteiger partial charge on any atom is 0.191 e. The largest absolute Gasteiger partial charge is 0.357 e. The molecule has 0 aliphatic heterocycles. The number of imidazole rings is 1. The molecule has 0 amide bonds. The fraction of sp³-hybridized carbons (Fsp3) is 0.304. The van der Waals surface area contributed by atoms with Crippen LogP contribution in [0.4, 0.5) is 0 Å². The monoisotopic (exact) mass is 409 g/mol. The Morgan fingerprint density at radius 3 is 2.62 bits per heavy atom. The standard InChI is InChI=1S/C23H28ClN5/c1-3-25-23(27-11-10-19-6-5-9-22(24)15-19)28-16-20-7-4-8-21(14-20)17-29-13-12-26-18(29)2/h4-9,12-15H,3,10-11,16-17H2,1-2H3,(H2,25,27,28). The zero-order valence-electron chi connectivity index (χ0n) is 17.0. The molecular formula is C23H28ClN5. The van der Waals surface area contributed by atoms with Gasteiger partial charge in [-0.15, -0.1) is 0 Å². The van der Waals surface area contributed by atoms with Gasteiger partial charge in [-0.2, -0.15) is 0 Å². The fourth-order valence-corrected chi connectivity index (χ4v) is 3.34. The van der Waals surface area contributed by atoms with E-state index in [0.717, 1.165) is 42.9 Å². The molecule has 2 aromatic carbocycles. The number of halogens is 1. The maximum absolute atomic E-state index is 6.06. The molecule has 0 saturated carbocycles. The van der Waals surface area contributed by atoms with Crippen molar-refractivity contribution in [2.24, 2.45) is 4.99 Å². The number of aliphatic imine (C=N–C) groups is 1. The predicted octanol–water partition coefficient (Wildman–Crippen LogP) is 4.19. The first-order chi connectivity index (χ1) is 14.1. The van der Waals surface area contributed by atoms with E-state index >= 15 is 0 Å². The fourth-order valence-electron chi connectivity index (χ4n) is 3.12. The smallest absolute Gasteiger partial charge is 0.191 e. The summed E-state index contributed by atoms with van der Waals surface area (Å²) < 4.78 is 2.14. The van der Waals surface area contributed by atoms with Crippen molar-refractivity contribution in [1.82, 2.24) is 20.2 Å². The summed E-state index contributed by atoms with van der Waals surface area (Å²) in [4.78, 5) is 9.03. The average Bonchev–Trinajstić information content (AvgIpc) is 3.11. The SMILES string of the molecule is CCNC(=NCc1cccc(Cn2ccnc2C)c1)NCCc1cccc(Cl)c1. The third-order valence-corrected chi connectivity index (χ3v) is 4.86. The highest BCUT2D eigenvalue weighted by molar-refractivity contribution is 6.30. The van der Waals surface area contributed by atoms with Crippen LogP contribution in [-0.4, -0.2) is 28.6 Å². The minimum Gasteiger partial charge on any atom is -0.357 e. The van der Waals surface area contributed by atoms with E-state index in [1.54, 1.807) is 0 Å². The molecule has 0 radical (unpaired) electrons. The number of nitrogens with zero attached hydrogens (tertiary/aromatic N) is 3. The van der Waals surface area contributed by atoms with Gasteiger partial charge in [-0.25, -0.2) is 9.98 Å². The van der Waals surface area contributed by atoms with E-state index in [2.05, 4.69) is 57.4 Å². The minimum absolute atomic E-state index is 0.628. The molecule has 0 fully saturated rings. The number of guanidine groups is 1. The van der Waals surface area contributed by atoms with Crippen LogP contribution in [0.2, 0.25) is 5.02 Å². The summed E-state index contributed by atoms with van der Waals surface area (Å²) in [5, 5.41) is 7.48. The van der Waals surface area contributed by atoms with E-state index in [1.807, 2.05) is 37.5 Å². The minimum atomic E-state index is 0.628. The summed E-state index contributed by atoms with van der Waals surface area (Å²) in [5.74, 6) is 1.84. The molecule has 29 heavy (non-hydrogen) atoms. The number of aryl methyl sites for hydroxylation is 1. The van der Waals surface area contributed by atoms with E-state index in [1.165, 1.54) is 16.7 Å². The van der Waals surface area contributed by atoms with Crippen molar-refractivity contribution < 1.29 is 0 Å². The van der Waals surface area contributed by atoms with Gasteiger partial charge in [0.1, 0.15) is 5.82 Å². The second-order valence-corrected chi connectivity index (χ2v) is 7.36. The summed E-state index contributed by atoms with van der Waals surface area (Å²) in [6, 6.07) is 16.5. The highest BCUT2D eigenvalue weighted by atomic mass is 35.5. The van der Waals surface area contributed by atoms with Crippen LogP contribution in [0, 0.1) is 6.92 Å². The van der Waals surface area contributed by atoms with E-state index in [4.69, 9.17) is 16.6 Å². The van der Waals surface area contributed by atoms with Gasteiger partial charge >= 0.3 is 0 Å². The maximum atomic E-state index is 6.06. The van der Waals surface area contributed by atoms with Gasteiger partial charge in [0.15, 0.2) is 5.96 Å². The number of hydrogen-bond donors (Lipinski definition) is 2. The molecule has 1 aromatic heterocycles. The zero-order chi connectivity index (χ0) is 20.5. The van der Waals surface area contributed by atoms with Gasteiger partial charge in [-0.3, -0.25) is 0 Å². The molecule has 3 rings (SSSR count). The van der Waals surface area contributed by atoms with Gasteiger partial charge in [0.25, 0.3) is 0 Å². The highest BCUT2D eigenvalue weighted by Gasteiger charge is 2.02. The van der Waals surface area contributed by atoms with Crippen molar-refractivity contribution in [2.45, 2.75) is 33.4 Å². The van der Waals surface area contributed by atoms with Crippen LogP contribution < -0.4 is 10.6 Å². The molecular weight excluding hydrogens is 382 g/mol. The number of nitrogens with one attached hydrogen (secondary N) is 2. The Morgan fingerprint density at radius 1 is 1.07 bits per heavy atom. The second-order valence-electron chi connectivity index (χ2n) is 6.92. The lowest BCUT2D eigenvalue weighted by Crippen LogP contribution is -2.38. The van der Waals surface area contributed by atoms with Crippen LogP contribution in [0.15, 0.2) is 65.9 Å². The van der Waals surface area contributed by atoms with Crippen molar-refractivity contribution in [1.29, 1.82) is 0 Å². The number of rotatable bonds is 8. The second kappa shape index (κ2) is 10.7. The van der Waals surface area contributed by atoms with Crippen LogP contribution in [0.3, 0.4) is 0 Å². The average molecular weight is 410 g/mol. The molecule has 5 nitrogen and oxygen atoms in total. The summed E-state index contributed by atoms with van der Waals surface area (Å²) in [7, 11) is 0. The molecule has 2 N–H and O–H groups in total.